The summed E-state index contributed by atoms with van der Waals surface area (Å²) in [4.78, 5) is 22.2. The van der Waals surface area contributed by atoms with E-state index < -0.39 is 36.1 Å². The Morgan fingerprint density at radius 1 is 1.06 bits per heavy atom. The molecule has 0 amide bonds. The second kappa shape index (κ2) is 9.18. The summed E-state index contributed by atoms with van der Waals surface area (Å²) in [5, 5.41) is 33.2. The maximum absolute atomic E-state index is 12.5. The lowest BCUT2D eigenvalue weighted by molar-refractivity contribution is -0.395. The molecule has 31 heavy (non-hydrogen) atoms. The molecular weight excluding hydrogens is 430 g/mol. The third-order valence-corrected chi connectivity index (χ3v) is 6.31. The van der Waals surface area contributed by atoms with E-state index in [1.165, 1.54) is 6.92 Å². The molecule has 0 bridgehead atoms. The van der Waals surface area contributed by atoms with Gasteiger partial charge in [0.25, 0.3) is 11.4 Å². The summed E-state index contributed by atoms with van der Waals surface area (Å²) in [5.74, 6) is 0.477. The highest BCUT2D eigenvalue weighted by Crippen LogP contribution is 2.31. The summed E-state index contributed by atoms with van der Waals surface area (Å²) in [6.45, 7) is 3.17. The number of nitrogens with zero attached hydrogens (tertiary/aromatic N) is 5. The van der Waals surface area contributed by atoms with E-state index in [0.717, 1.165) is 43.8 Å². The normalized spacial score (nSPS) is 13.9. The standard InChI is InChI=1S/C17H21N7O6S/c1-12-15(23(25)26)9-14(10-16(12)24(27)28)31(29,30)20-5-4-18-17-8-13(11-19-21-17)22-6-2-3-7-22/h8-11,20H,2-7H2,1H3,(H,18,21). The number of hydrogen-bond acceptors (Lipinski definition) is 10. The van der Waals surface area contributed by atoms with Crippen LogP contribution in [0.2, 0.25) is 0 Å². The van der Waals surface area contributed by atoms with E-state index in [9.17, 15) is 28.6 Å². The van der Waals surface area contributed by atoms with Crippen LogP contribution in [0.4, 0.5) is 22.9 Å². The predicted octanol–water partition coefficient (Wildman–Crippen LogP) is 1.59. The van der Waals surface area contributed by atoms with Gasteiger partial charge in [0.1, 0.15) is 5.56 Å². The van der Waals surface area contributed by atoms with Crippen LogP contribution >= 0.6 is 0 Å². The average molecular weight is 451 g/mol. The van der Waals surface area contributed by atoms with Gasteiger partial charge in [-0.15, -0.1) is 5.10 Å². The van der Waals surface area contributed by atoms with E-state index in [1.54, 1.807) is 6.20 Å². The Labute approximate surface area is 177 Å². The van der Waals surface area contributed by atoms with E-state index in [0.29, 0.717) is 5.82 Å². The second-order valence-electron chi connectivity index (χ2n) is 6.92. The summed E-state index contributed by atoms with van der Waals surface area (Å²) in [6.07, 6.45) is 3.89. The van der Waals surface area contributed by atoms with Crippen LogP contribution in [0.1, 0.15) is 18.4 Å². The van der Waals surface area contributed by atoms with Gasteiger partial charge in [-0.3, -0.25) is 20.2 Å². The molecule has 0 unspecified atom stereocenters. The number of sulfonamides is 1. The Morgan fingerprint density at radius 3 is 2.26 bits per heavy atom. The van der Waals surface area contributed by atoms with Gasteiger partial charge in [0.2, 0.25) is 10.0 Å². The van der Waals surface area contributed by atoms with Crippen molar-refractivity contribution in [3.63, 3.8) is 0 Å². The van der Waals surface area contributed by atoms with Gasteiger partial charge in [-0.2, -0.15) is 5.10 Å². The third kappa shape index (κ3) is 5.21. The van der Waals surface area contributed by atoms with Crippen molar-refractivity contribution >= 4 is 32.9 Å². The van der Waals surface area contributed by atoms with Crippen molar-refractivity contribution in [1.29, 1.82) is 0 Å². The number of nitro benzene ring substituents is 2. The minimum absolute atomic E-state index is 0.0760. The van der Waals surface area contributed by atoms with Gasteiger partial charge in [0.15, 0.2) is 5.82 Å². The molecule has 166 valence electrons. The smallest absolute Gasteiger partial charge is 0.280 e. The first-order valence-electron chi connectivity index (χ1n) is 9.43. The van der Waals surface area contributed by atoms with Crippen LogP contribution in [-0.4, -0.2) is 54.6 Å². The zero-order valence-corrected chi connectivity index (χ0v) is 17.5. The van der Waals surface area contributed by atoms with E-state index in [4.69, 9.17) is 0 Å². The van der Waals surface area contributed by atoms with Gasteiger partial charge < -0.3 is 10.2 Å². The summed E-state index contributed by atoms with van der Waals surface area (Å²) in [5.41, 5.74) is -0.565. The van der Waals surface area contributed by atoms with Crippen molar-refractivity contribution < 1.29 is 18.3 Å². The highest BCUT2D eigenvalue weighted by atomic mass is 32.2. The highest BCUT2D eigenvalue weighted by Gasteiger charge is 2.27. The summed E-state index contributed by atoms with van der Waals surface area (Å²) in [6, 6.07) is 3.44. The molecule has 1 aliphatic rings. The molecule has 13 nitrogen and oxygen atoms in total. The SMILES string of the molecule is Cc1c([N+](=O)[O-])cc(S(=O)(=O)NCCNc2cc(N3CCCC3)cnn2)cc1[N+](=O)[O-]. The van der Waals surface area contributed by atoms with Crippen LogP contribution < -0.4 is 14.9 Å². The van der Waals surface area contributed by atoms with Crippen LogP contribution in [0.25, 0.3) is 0 Å². The summed E-state index contributed by atoms with van der Waals surface area (Å²) >= 11 is 0. The lowest BCUT2D eigenvalue weighted by atomic mass is 10.1. The fraction of sp³-hybridized carbons (Fsp3) is 0.412. The monoisotopic (exact) mass is 451 g/mol. The lowest BCUT2D eigenvalue weighted by Gasteiger charge is -2.17. The van der Waals surface area contributed by atoms with Crippen molar-refractivity contribution in [2.24, 2.45) is 0 Å². The summed E-state index contributed by atoms with van der Waals surface area (Å²) < 4.78 is 27.3. The fourth-order valence-electron chi connectivity index (χ4n) is 3.24. The molecule has 3 rings (SSSR count). The van der Waals surface area contributed by atoms with Gasteiger partial charge >= 0.3 is 0 Å². The number of nitro groups is 2. The first-order valence-corrected chi connectivity index (χ1v) is 10.9. The molecule has 1 aromatic carbocycles. The molecule has 2 aromatic rings. The molecule has 0 spiro atoms. The van der Waals surface area contributed by atoms with Crippen molar-refractivity contribution in [2.45, 2.75) is 24.7 Å². The quantitative estimate of drug-likeness (QED) is 0.324. The molecule has 1 aliphatic heterocycles. The molecule has 2 heterocycles. The highest BCUT2D eigenvalue weighted by molar-refractivity contribution is 7.89. The van der Waals surface area contributed by atoms with E-state index in [1.807, 2.05) is 6.07 Å². The minimum Gasteiger partial charge on any atom is -0.370 e. The Bertz CT molecular complexity index is 1070. The number of hydrogen-bond donors (Lipinski definition) is 2. The number of rotatable bonds is 9. The first-order chi connectivity index (χ1) is 14.7. The topological polar surface area (TPSA) is 174 Å². The molecule has 0 atom stereocenters. The lowest BCUT2D eigenvalue weighted by Crippen LogP contribution is -2.29. The van der Waals surface area contributed by atoms with E-state index in [-0.39, 0.29) is 18.7 Å². The van der Waals surface area contributed by atoms with Gasteiger partial charge in [-0.1, -0.05) is 0 Å². The van der Waals surface area contributed by atoms with Crippen LogP contribution in [0.3, 0.4) is 0 Å². The van der Waals surface area contributed by atoms with Crippen molar-refractivity contribution in [1.82, 2.24) is 14.9 Å². The fourth-order valence-corrected chi connectivity index (χ4v) is 4.31. The molecule has 14 heteroatoms. The molecule has 0 saturated carbocycles. The maximum atomic E-state index is 12.5. The Morgan fingerprint density at radius 2 is 1.68 bits per heavy atom. The molecule has 1 saturated heterocycles. The molecule has 2 N–H and O–H groups in total. The van der Waals surface area contributed by atoms with Crippen molar-refractivity contribution in [3.05, 3.63) is 50.2 Å². The minimum atomic E-state index is -4.21. The predicted molar refractivity (Wildman–Crippen MR) is 112 cm³/mol. The molecular formula is C17H21N7O6S. The number of anilines is 2. The molecule has 0 aliphatic carbocycles. The van der Waals surface area contributed by atoms with Gasteiger partial charge in [0, 0.05) is 44.4 Å². The zero-order chi connectivity index (χ0) is 22.6. The van der Waals surface area contributed by atoms with Crippen molar-refractivity contribution in [3.8, 4) is 0 Å². The number of nitrogens with one attached hydrogen (secondary N) is 2. The number of benzene rings is 1. The maximum Gasteiger partial charge on any atom is 0.280 e. The van der Waals surface area contributed by atoms with E-state index in [2.05, 4.69) is 25.1 Å². The Kier molecular flexibility index (Phi) is 6.60. The molecule has 1 fully saturated rings. The van der Waals surface area contributed by atoms with Gasteiger partial charge in [-0.05, 0) is 19.8 Å². The van der Waals surface area contributed by atoms with Crippen LogP contribution in [-0.2, 0) is 10.0 Å². The van der Waals surface area contributed by atoms with Gasteiger partial charge in [-0.25, -0.2) is 13.1 Å². The third-order valence-electron chi connectivity index (χ3n) is 4.86. The van der Waals surface area contributed by atoms with Gasteiger partial charge in [0.05, 0.1) is 26.6 Å². The number of aromatic nitrogens is 2. The van der Waals surface area contributed by atoms with E-state index >= 15 is 0 Å². The molecule has 0 radical (unpaired) electrons. The first kappa shape index (κ1) is 22.3. The second-order valence-corrected chi connectivity index (χ2v) is 8.69. The summed E-state index contributed by atoms with van der Waals surface area (Å²) in [7, 11) is -4.21. The Balaban J connectivity index is 1.66. The zero-order valence-electron chi connectivity index (χ0n) is 16.6. The largest absolute Gasteiger partial charge is 0.370 e. The Hall–Kier alpha value is -3.39. The van der Waals surface area contributed by atoms with Crippen LogP contribution in [0, 0.1) is 27.2 Å². The average Bonchev–Trinajstić information content (AvgIpc) is 3.26. The molecule has 1 aromatic heterocycles. The van der Waals surface area contributed by atoms with Crippen LogP contribution in [0.5, 0.6) is 0 Å². The van der Waals surface area contributed by atoms with Crippen LogP contribution in [0.15, 0.2) is 29.3 Å². The van der Waals surface area contributed by atoms with Crippen molar-refractivity contribution in [2.75, 3.05) is 36.4 Å².